The fourth-order valence-electron chi connectivity index (χ4n) is 5.19. The second-order valence-corrected chi connectivity index (χ2v) is 8.21. The molecule has 0 spiro atoms. The van der Waals surface area contributed by atoms with Gasteiger partial charge in [-0.2, -0.15) is 0 Å². The zero-order valence-electron chi connectivity index (χ0n) is 19.6. The van der Waals surface area contributed by atoms with E-state index < -0.39 is 0 Å². The highest BCUT2D eigenvalue weighted by Gasteiger charge is 2.35. The predicted molar refractivity (Wildman–Crippen MR) is 139 cm³/mol. The Balaban J connectivity index is 0.000000549. The molecule has 0 amide bonds. The van der Waals surface area contributed by atoms with Gasteiger partial charge in [-0.05, 0) is 54.6 Å². The van der Waals surface area contributed by atoms with Crippen molar-refractivity contribution in [3.8, 4) is 11.1 Å². The lowest BCUT2D eigenvalue weighted by Crippen LogP contribution is -2.24. The summed E-state index contributed by atoms with van der Waals surface area (Å²) in [7, 11) is 0. The van der Waals surface area contributed by atoms with Crippen LogP contribution in [0.3, 0.4) is 0 Å². The van der Waals surface area contributed by atoms with Gasteiger partial charge in [-0.3, -0.25) is 0 Å². The van der Waals surface area contributed by atoms with Crippen LogP contribution in [0.2, 0.25) is 0 Å². The summed E-state index contributed by atoms with van der Waals surface area (Å²) in [4.78, 5) is 0. The molecule has 0 radical (unpaired) electrons. The third kappa shape index (κ3) is 3.05. The summed E-state index contributed by atoms with van der Waals surface area (Å²) < 4.78 is 0. The van der Waals surface area contributed by atoms with Gasteiger partial charge in [-0.25, -0.2) is 0 Å². The third-order valence-corrected chi connectivity index (χ3v) is 6.40. The highest BCUT2D eigenvalue weighted by Crippen LogP contribution is 2.51. The van der Waals surface area contributed by atoms with Crippen LogP contribution in [-0.2, 0) is 5.41 Å². The van der Waals surface area contributed by atoms with Crippen LogP contribution in [0.5, 0.6) is 0 Å². The van der Waals surface area contributed by atoms with Gasteiger partial charge in [-0.15, -0.1) is 0 Å². The lowest BCUT2D eigenvalue weighted by Gasteiger charge is -2.36. The average Bonchev–Trinajstić information content (AvgIpc) is 2.84. The summed E-state index contributed by atoms with van der Waals surface area (Å²) in [5, 5.41) is 8.14. The summed E-state index contributed by atoms with van der Waals surface area (Å²) in [5.74, 6) is 0. The van der Waals surface area contributed by atoms with Gasteiger partial charge in [0.2, 0.25) is 0 Å². The van der Waals surface area contributed by atoms with E-state index in [9.17, 15) is 0 Å². The molecule has 0 saturated heterocycles. The van der Waals surface area contributed by atoms with Gasteiger partial charge in [0.1, 0.15) is 0 Å². The van der Waals surface area contributed by atoms with E-state index in [0.717, 1.165) is 0 Å². The maximum Gasteiger partial charge on any atom is 0.0165 e. The highest BCUT2D eigenvalue weighted by molar-refractivity contribution is 6.14. The number of benzene rings is 5. The van der Waals surface area contributed by atoms with Gasteiger partial charge in [0.05, 0.1) is 0 Å². The minimum absolute atomic E-state index is 0.0488. The quantitative estimate of drug-likeness (QED) is 0.225. The van der Waals surface area contributed by atoms with Gasteiger partial charge in [0.15, 0.2) is 0 Å². The third-order valence-electron chi connectivity index (χ3n) is 6.40. The molecule has 0 heteroatoms. The molecule has 1 aliphatic rings. The monoisotopic (exact) mass is 404 g/mol. The minimum Gasteiger partial charge on any atom is -0.0683 e. The zero-order valence-corrected chi connectivity index (χ0v) is 19.6. The Labute approximate surface area is 186 Å². The SMILES string of the molecule is CC.CC.CC1(C)c2cccc3cccc(c23)-c2ccc3ccc4ccccc4c3c21. The van der Waals surface area contributed by atoms with Crippen LogP contribution in [0.1, 0.15) is 52.7 Å². The maximum atomic E-state index is 2.39. The molecule has 5 aromatic rings. The fraction of sp³-hybridized carbons (Fsp3) is 0.226. The Bertz CT molecular complexity index is 1380. The van der Waals surface area contributed by atoms with Gasteiger partial charge in [-0.1, -0.05) is 126 Å². The van der Waals surface area contributed by atoms with Crippen LogP contribution in [0.4, 0.5) is 0 Å². The molecule has 0 bridgehead atoms. The maximum absolute atomic E-state index is 2.39. The van der Waals surface area contributed by atoms with Gasteiger partial charge in [0.25, 0.3) is 0 Å². The van der Waals surface area contributed by atoms with Gasteiger partial charge < -0.3 is 0 Å². The first-order valence-electron chi connectivity index (χ1n) is 11.6. The van der Waals surface area contributed by atoms with Crippen molar-refractivity contribution in [2.24, 2.45) is 0 Å². The molecule has 31 heavy (non-hydrogen) atoms. The van der Waals surface area contributed by atoms with Crippen molar-refractivity contribution in [2.75, 3.05) is 0 Å². The molecule has 0 atom stereocenters. The smallest absolute Gasteiger partial charge is 0.0165 e. The van der Waals surface area contributed by atoms with E-state index in [2.05, 4.69) is 98.8 Å². The zero-order chi connectivity index (χ0) is 22.2. The van der Waals surface area contributed by atoms with Crippen molar-refractivity contribution in [3.63, 3.8) is 0 Å². The molecule has 1 aliphatic carbocycles. The van der Waals surface area contributed by atoms with Crippen molar-refractivity contribution in [1.82, 2.24) is 0 Å². The first kappa shape index (κ1) is 21.1. The summed E-state index contributed by atoms with van der Waals surface area (Å²) in [5.41, 5.74) is 5.60. The van der Waals surface area contributed by atoms with Crippen molar-refractivity contribution in [1.29, 1.82) is 0 Å². The Morgan fingerprint density at radius 3 is 1.84 bits per heavy atom. The summed E-state index contributed by atoms with van der Waals surface area (Å²) >= 11 is 0. The van der Waals surface area contributed by atoms with E-state index in [1.54, 1.807) is 0 Å². The lowest BCUT2D eigenvalue weighted by molar-refractivity contribution is 0.652. The Morgan fingerprint density at radius 2 is 1.06 bits per heavy atom. The molecule has 5 aromatic carbocycles. The van der Waals surface area contributed by atoms with E-state index >= 15 is 0 Å². The standard InChI is InChI=1S/C27H20.2C2H6/c1-27(2)23-12-6-9-18-8-5-11-21(24(18)23)22-16-15-19-14-13-17-7-3-4-10-20(17)25(19)26(22)27;2*1-2/h3-16H,1-2H3;2*1-2H3. The van der Waals surface area contributed by atoms with E-state index in [0.29, 0.717) is 0 Å². The van der Waals surface area contributed by atoms with Crippen molar-refractivity contribution >= 4 is 32.3 Å². The molecule has 0 saturated carbocycles. The molecule has 6 rings (SSSR count). The van der Waals surface area contributed by atoms with Crippen LogP contribution in [0.15, 0.2) is 84.9 Å². The van der Waals surface area contributed by atoms with E-state index in [1.807, 2.05) is 27.7 Å². The van der Waals surface area contributed by atoms with E-state index in [1.165, 1.54) is 54.6 Å². The number of hydrogen-bond donors (Lipinski definition) is 0. The molecule has 0 unspecified atom stereocenters. The normalized spacial score (nSPS) is 13.1. The van der Waals surface area contributed by atoms with Crippen LogP contribution in [-0.4, -0.2) is 0 Å². The molecule has 156 valence electrons. The topological polar surface area (TPSA) is 0 Å². The fourth-order valence-corrected chi connectivity index (χ4v) is 5.19. The number of fused-ring (bicyclic) bond motifs is 6. The molecule has 0 N–H and O–H groups in total. The van der Waals surface area contributed by atoms with Crippen molar-refractivity contribution < 1.29 is 0 Å². The first-order valence-corrected chi connectivity index (χ1v) is 11.6. The summed E-state index contributed by atoms with van der Waals surface area (Å²) in [6.45, 7) is 12.8. The first-order chi connectivity index (χ1) is 15.2. The van der Waals surface area contributed by atoms with Crippen LogP contribution in [0, 0.1) is 0 Å². The Morgan fingerprint density at radius 1 is 0.484 bits per heavy atom. The molecule has 0 heterocycles. The number of hydrogen-bond acceptors (Lipinski definition) is 0. The van der Waals surface area contributed by atoms with E-state index in [-0.39, 0.29) is 5.41 Å². The van der Waals surface area contributed by atoms with Crippen LogP contribution in [0.25, 0.3) is 43.4 Å². The van der Waals surface area contributed by atoms with Crippen LogP contribution >= 0.6 is 0 Å². The average molecular weight is 405 g/mol. The van der Waals surface area contributed by atoms with Gasteiger partial charge >= 0.3 is 0 Å². The molecule has 0 fully saturated rings. The Kier molecular flexibility index (Phi) is 5.58. The summed E-state index contributed by atoms with van der Waals surface area (Å²) in [6, 6.07) is 31.4. The van der Waals surface area contributed by atoms with Crippen molar-refractivity contribution in [3.05, 3.63) is 96.1 Å². The second kappa shape index (κ2) is 8.19. The molecule has 0 nitrogen and oxygen atoms in total. The molecule has 0 aliphatic heterocycles. The molecular formula is C31H32. The largest absolute Gasteiger partial charge is 0.0683 e. The molecular weight excluding hydrogens is 372 g/mol. The summed E-state index contributed by atoms with van der Waals surface area (Å²) in [6.07, 6.45) is 0. The van der Waals surface area contributed by atoms with E-state index in [4.69, 9.17) is 0 Å². The lowest BCUT2D eigenvalue weighted by atomic mass is 9.67. The van der Waals surface area contributed by atoms with Crippen molar-refractivity contribution in [2.45, 2.75) is 47.0 Å². The number of rotatable bonds is 0. The second-order valence-electron chi connectivity index (χ2n) is 8.21. The predicted octanol–water partition coefficient (Wildman–Crippen LogP) is 9.50. The van der Waals surface area contributed by atoms with Crippen LogP contribution < -0.4 is 0 Å². The van der Waals surface area contributed by atoms with Gasteiger partial charge in [0, 0.05) is 5.41 Å². The minimum atomic E-state index is -0.0488. The highest BCUT2D eigenvalue weighted by atomic mass is 14.4. The molecule has 0 aromatic heterocycles. The Hall–Kier alpha value is -3.12.